The van der Waals surface area contributed by atoms with Gasteiger partial charge in [0.25, 0.3) is 5.91 Å². The summed E-state index contributed by atoms with van der Waals surface area (Å²) in [6.45, 7) is 9.07. The fourth-order valence-corrected chi connectivity index (χ4v) is 5.37. The van der Waals surface area contributed by atoms with E-state index in [0.717, 1.165) is 22.5 Å². The first-order chi connectivity index (χ1) is 18.9. The van der Waals surface area contributed by atoms with Crippen LogP contribution in [0.15, 0.2) is 66.7 Å². The Morgan fingerprint density at radius 1 is 1.07 bits per heavy atom. The van der Waals surface area contributed by atoms with E-state index >= 15 is 0 Å². The summed E-state index contributed by atoms with van der Waals surface area (Å²) in [6, 6.07) is 19.7. The summed E-state index contributed by atoms with van der Waals surface area (Å²) in [4.78, 5) is 41.7. The van der Waals surface area contributed by atoms with Crippen molar-refractivity contribution in [1.82, 2.24) is 0 Å². The second-order valence-corrected chi connectivity index (χ2v) is 11.4. The van der Waals surface area contributed by atoms with Gasteiger partial charge in [0.2, 0.25) is 5.91 Å². The molecule has 40 heavy (non-hydrogen) atoms. The molecular formula is C32H35ClN2O5. The van der Waals surface area contributed by atoms with E-state index in [4.69, 9.17) is 16.3 Å². The third-order valence-corrected chi connectivity index (χ3v) is 7.76. The first-order valence-electron chi connectivity index (χ1n) is 13.4. The van der Waals surface area contributed by atoms with Gasteiger partial charge in [-0.15, -0.1) is 0 Å². The lowest BCUT2D eigenvalue weighted by molar-refractivity contribution is -0.147. The van der Waals surface area contributed by atoms with Crippen LogP contribution in [0.25, 0.3) is 0 Å². The lowest BCUT2D eigenvalue weighted by atomic mass is 9.89. The molecule has 7 nitrogen and oxygen atoms in total. The van der Waals surface area contributed by atoms with Gasteiger partial charge in [-0.2, -0.15) is 0 Å². The van der Waals surface area contributed by atoms with Crippen LogP contribution in [0, 0.1) is 12.3 Å². The molecule has 0 saturated carbocycles. The lowest BCUT2D eigenvalue weighted by Gasteiger charge is -2.43. The molecule has 1 N–H and O–H groups in total. The number of carbonyl (C=O) groups is 3. The molecule has 0 unspecified atom stereocenters. The molecule has 2 atom stereocenters. The number of hydrogen-bond donors (Lipinski definition) is 1. The number of rotatable bonds is 8. The van der Waals surface area contributed by atoms with Crippen molar-refractivity contribution < 1.29 is 24.2 Å². The Bertz CT molecular complexity index is 1420. The largest absolute Gasteiger partial charge is 0.494 e. The summed E-state index contributed by atoms with van der Waals surface area (Å²) in [5, 5.41) is 9.89. The van der Waals surface area contributed by atoms with E-state index in [2.05, 4.69) is 0 Å². The molecule has 1 heterocycles. The fourth-order valence-electron chi connectivity index (χ4n) is 5.15. The summed E-state index contributed by atoms with van der Waals surface area (Å²) >= 11 is 6.19. The monoisotopic (exact) mass is 562 g/mol. The van der Waals surface area contributed by atoms with Gasteiger partial charge in [0.05, 0.1) is 18.1 Å². The molecule has 0 spiro atoms. The van der Waals surface area contributed by atoms with E-state index in [1.54, 1.807) is 60.9 Å². The first-order valence-corrected chi connectivity index (χ1v) is 13.7. The van der Waals surface area contributed by atoms with Crippen molar-refractivity contribution in [3.05, 3.63) is 88.4 Å². The summed E-state index contributed by atoms with van der Waals surface area (Å²) < 4.78 is 5.74. The van der Waals surface area contributed by atoms with Crippen molar-refractivity contribution in [3.63, 3.8) is 0 Å². The number of aliphatic carboxylic acids is 1. The zero-order valence-electron chi connectivity index (χ0n) is 23.5. The maximum atomic E-state index is 13.8. The predicted molar refractivity (Wildman–Crippen MR) is 157 cm³/mol. The van der Waals surface area contributed by atoms with Crippen molar-refractivity contribution in [1.29, 1.82) is 0 Å². The van der Waals surface area contributed by atoms with E-state index in [1.165, 1.54) is 0 Å². The Balaban J connectivity index is 1.59. The molecule has 2 amide bonds. The number of halogens is 1. The minimum Gasteiger partial charge on any atom is -0.494 e. The predicted octanol–water partition coefficient (Wildman–Crippen LogP) is 7.06. The lowest BCUT2D eigenvalue weighted by Crippen LogP contribution is -2.47. The maximum absolute atomic E-state index is 13.8. The molecule has 0 aliphatic carbocycles. The molecule has 8 heteroatoms. The van der Waals surface area contributed by atoms with Crippen molar-refractivity contribution in [3.8, 4) is 5.75 Å². The van der Waals surface area contributed by atoms with Gasteiger partial charge in [-0.1, -0.05) is 29.8 Å². The van der Waals surface area contributed by atoms with Gasteiger partial charge >= 0.3 is 5.97 Å². The molecule has 0 saturated heterocycles. The number of nitrogens with zero attached hydrogens (tertiary/aromatic N) is 2. The van der Waals surface area contributed by atoms with Crippen LogP contribution in [0.2, 0.25) is 5.02 Å². The van der Waals surface area contributed by atoms with Crippen molar-refractivity contribution in [2.24, 2.45) is 5.41 Å². The van der Waals surface area contributed by atoms with Crippen LogP contribution in [-0.2, 0) is 9.59 Å². The summed E-state index contributed by atoms with van der Waals surface area (Å²) in [7, 11) is 0. The van der Waals surface area contributed by atoms with Crippen molar-refractivity contribution in [2.45, 2.75) is 59.5 Å². The Labute approximate surface area is 240 Å². The van der Waals surface area contributed by atoms with E-state index in [1.807, 2.05) is 50.2 Å². The first kappa shape index (κ1) is 29.2. The zero-order valence-corrected chi connectivity index (χ0v) is 24.2. The summed E-state index contributed by atoms with van der Waals surface area (Å²) in [5.74, 6) is -0.529. The average molecular weight is 563 g/mol. The summed E-state index contributed by atoms with van der Waals surface area (Å²) in [6.07, 6.45) is 0.921. The standard InChI is InChI=1S/C32H35ClN2O5/c1-20-18-24(33)12-15-27(20)35(22(3)36)29-19-21(2)34(28-9-7-6-8-26(28)29)30(37)23-10-13-25(14-11-23)40-17-16-32(4,5)31(38)39/h6-15,18,21,29H,16-17,19H2,1-5H3,(H,38,39)/t21-,29+/m0/s1. The van der Waals surface area contributed by atoms with Gasteiger partial charge in [0.1, 0.15) is 5.75 Å². The minimum absolute atomic E-state index is 0.0838. The topological polar surface area (TPSA) is 87.2 Å². The number of carbonyl (C=O) groups excluding carboxylic acids is 2. The normalized spacial score (nSPS) is 16.7. The van der Waals surface area contributed by atoms with Crippen LogP contribution in [0.1, 0.15) is 68.1 Å². The van der Waals surface area contributed by atoms with E-state index in [-0.39, 0.29) is 30.5 Å². The van der Waals surface area contributed by atoms with Crippen LogP contribution in [0.5, 0.6) is 5.75 Å². The highest BCUT2D eigenvalue weighted by Crippen LogP contribution is 2.43. The van der Waals surface area contributed by atoms with Gasteiger partial charge < -0.3 is 19.6 Å². The molecule has 3 aromatic carbocycles. The minimum atomic E-state index is -0.879. The Morgan fingerprint density at radius 3 is 2.38 bits per heavy atom. The average Bonchev–Trinajstić information content (AvgIpc) is 2.90. The Morgan fingerprint density at radius 2 is 1.75 bits per heavy atom. The second kappa shape index (κ2) is 11.7. The Kier molecular flexibility index (Phi) is 8.54. The van der Waals surface area contributed by atoms with Crippen LogP contribution < -0.4 is 14.5 Å². The number of amides is 2. The maximum Gasteiger partial charge on any atom is 0.309 e. The highest BCUT2D eigenvalue weighted by atomic mass is 35.5. The third kappa shape index (κ3) is 5.99. The third-order valence-electron chi connectivity index (χ3n) is 7.52. The number of fused-ring (bicyclic) bond motifs is 1. The molecular weight excluding hydrogens is 528 g/mol. The van der Waals surface area contributed by atoms with Crippen LogP contribution in [0.4, 0.5) is 11.4 Å². The molecule has 1 aliphatic rings. The number of anilines is 2. The molecule has 1 aliphatic heterocycles. The van der Waals surface area contributed by atoms with Crippen LogP contribution in [-0.4, -0.2) is 35.5 Å². The molecule has 210 valence electrons. The summed E-state index contributed by atoms with van der Waals surface area (Å²) in [5.41, 5.74) is 3.00. The number of aryl methyl sites for hydroxylation is 1. The number of carboxylic acids is 1. The Hall–Kier alpha value is -3.84. The fraction of sp³-hybridized carbons (Fsp3) is 0.344. The van der Waals surface area contributed by atoms with Gasteiger partial charge in [-0.25, -0.2) is 0 Å². The van der Waals surface area contributed by atoms with Crippen molar-refractivity contribution in [2.75, 3.05) is 16.4 Å². The number of carboxylic acid groups (broad SMARTS) is 1. The van der Waals surface area contributed by atoms with Gasteiger partial charge in [-0.3, -0.25) is 14.4 Å². The molecule has 0 bridgehead atoms. The van der Waals surface area contributed by atoms with Crippen molar-refractivity contribution >= 4 is 40.8 Å². The van der Waals surface area contributed by atoms with Gasteiger partial charge in [0, 0.05) is 34.9 Å². The molecule has 0 aromatic heterocycles. The highest BCUT2D eigenvalue weighted by molar-refractivity contribution is 6.30. The van der Waals surface area contributed by atoms with E-state index < -0.39 is 11.4 Å². The SMILES string of the molecule is CC(=O)N(c1ccc(Cl)cc1C)[C@@H]1C[C@H](C)N(C(=O)c2ccc(OCCC(C)(C)C(=O)O)cc2)c2ccccc21. The number of benzene rings is 3. The molecule has 4 rings (SSSR count). The number of ether oxygens (including phenoxy) is 1. The molecule has 3 aromatic rings. The smallest absolute Gasteiger partial charge is 0.309 e. The molecule has 0 fully saturated rings. The highest BCUT2D eigenvalue weighted by Gasteiger charge is 2.38. The quantitative estimate of drug-likeness (QED) is 0.317. The second-order valence-electron chi connectivity index (χ2n) is 11.0. The van der Waals surface area contributed by atoms with E-state index in [9.17, 15) is 19.5 Å². The van der Waals surface area contributed by atoms with Crippen LogP contribution >= 0.6 is 11.6 Å². The van der Waals surface area contributed by atoms with Crippen LogP contribution in [0.3, 0.4) is 0 Å². The molecule has 0 radical (unpaired) electrons. The number of para-hydroxylation sites is 1. The van der Waals surface area contributed by atoms with Gasteiger partial charge in [0.15, 0.2) is 0 Å². The zero-order chi connectivity index (χ0) is 29.2. The van der Waals surface area contributed by atoms with E-state index in [0.29, 0.717) is 29.2 Å². The van der Waals surface area contributed by atoms with Gasteiger partial charge in [-0.05, 0) is 100 Å². The number of hydrogen-bond acceptors (Lipinski definition) is 4.